The van der Waals surface area contributed by atoms with Crippen LogP contribution in [0.3, 0.4) is 0 Å². The summed E-state index contributed by atoms with van der Waals surface area (Å²) in [5.41, 5.74) is 0.811. The van der Waals surface area contributed by atoms with E-state index >= 15 is 0 Å². The van der Waals surface area contributed by atoms with E-state index < -0.39 is 23.8 Å². The molecule has 1 fully saturated rings. The maximum Gasteiger partial charge on any atom is 0.310 e. The van der Waals surface area contributed by atoms with Crippen molar-refractivity contribution in [3.8, 4) is 0 Å². The van der Waals surface area contributed by atoms with Crippen LogP contribution in [-0.4, -0.2) is 36.3 Å². The number of carbonyl (C=O) groups excluding carboxylic acids is 3. The predicted octanol–water partition coefficient (Wildman–Crippen LogP) is 2.29. The smallest absolute Gasteiger partial charge is 0.310 e. The number of likely N-dealkylation sites (tertiary alicyclic amines) is 1. The van der Waals surface area contributed by atoms with Crippen LogP contribution in [-0.2, 0) is 25.7 Å². The van der Waals surface area contributed by atoms with Crippen LogP contribution in [0.1, 0.15) is 30.7 Å². The number of methoxy groups -OCH3 is 1. The molecule has 1 saturated heterocycles. The predicted molar refractivity (Wildman–Crippen MR) is 101 cm³/mol. The lowest BCUT2D eigenvalue weighted by Gasteiger charge is -2.25. The van der Waals surface area contributed by atoms with E-state index in [1.165, 1.54) is 7.11 Å². The first kappa shape index (κ1) is 19.7. The number of rotatable bonds is 7. The van der Waals surface area contributed by atoms with Gasteiger partial charge in [-0.2, -0.15) is 0 Å². The molecular weight excluding hydrogens is 360 g/mol. The number of ether oxygens (including phenoxy) is 1. The molecule has 1 aromatic carbocycles. The van der Waals surface area contributed by atoms with E-state index in [1.54, 1.807) is 30.2 Å². The van der Waals surface area contributed by atoms with E-state index in [2.05, 4.69) is 5.32 Å². The van der Waals surface area contributed by atoms with E-state index in [-0.39, 0.29) is 18.2 Å². The first-order valence-electron chi connectivity index (χ1n) is 9.23. The van der Waals surface area contributed by atoms with Crippen LogP contribution in [0.5, 0.6) is 0 Å². The van der Waals surface area contributed by atoms with Crippen LogP contribution in [0.2, 0.25) is 0 Å². The average molecular weight is 384 g/mol. The van der Waals surface area contributed by atoms with Gasteiger partial charge in [-0.05, 0) is 24.6 Å². The van der Waals surface area contributed by atoms with E-state index in [0.717, 1.165) is 5.56 Å². The third kappa shape index (κ3) is 4.42. The molecule has 0 saturated carbocycles. The molecule has 3 rings (SSSR count). The van der Waals surface area contributed by atoms with Crippen molar-refractivity contribution in [1.29, 1.82) is 0 Å². The Hall–Kier alpha value is -3.09. The lowest BCUT2D eigenvalue weighted by molar-refractivity contribution is -0.146. The molecule has 1 aliphatic heterocycles. The summed E-state index contributed by atoms with van der Waals surface area (Å²) in [5, 5.41) is 2.95. The minimum Gasteiger partial charge on any atom is -0.469 e. The molecule has 148 valence electrons. The van der Waals surface area contributed by atoms with E-state index in [9.17, 15) is 14.4 Å². The Balaban J connectivity index is 1.69. The molecule has 7 nitrogen and oxygen atoms in total. The molecular formula is C21H24N2O5. The summed E-state index contributed by atoms with van der Waals surface area (Å²) < 4.78 is 10.1. The van der Waals surface area contributed by atoms with Crippen molar-refractivity contribution in [1.82, 2.24) is 10.2 Å². The number of esters is 1. The van der Waals surface area contributed by atoms with Crippen LogP contribution in [0.25, 0.3) is 0 Å². The van der Waals surface area contributed by atoms with Gasteiger partial charge in [0.05, 0.1) is 37.8 Å². The average Bonchev–Trinajstić information content (AvgIpc) is 3.36. The molecule has 0 bridgehead atoms. The fourth-order valence-electron chi connectivity index (χ4n) is 3.44. The van der Waals surface area contributed by atoms with Gasteiger partial charge in [0.1, 0.15) is 5.76 Å². The Bertz CT molecular complexity index is 819. The van der Waals surface area contributed by atoms with Gasteiger partial charge in [-0.15, -0.1) is 0 Å². The zero-order valence-corrected chi connectivity index (χ0v) is 16.0. The van der Waals surface area contributed by atoms with Crippen LogP contribution in [0, 0.1) is 11.8 Å². The normalized spacial score (nSPS) is 18.6. The van der Waals surface area contributed by atoms with Crippen LogP contribution in [0.4, 0.5) is 0 Å². The van der Waals surface area contributed by atoms with Crippen molar-refractivity contribution in [2.24, 2.45) is 11.8 Å². The highest BCUT2D eigenvalue weighted by Crippen LogP contribution is 2.26. The molecule has 7 heteroatoms. The lowest BCUT2D eigenvalue weighted by Crippen LogP contribution is -2.40. The summed E-state index contributed by atoms with van der Waals surface area (Å²) in [6, 6.07) is 12.3. The fraction of sp³-hybridized carbons (Fsp3) is 0.381. The third-order valence-electron chi connectivity index (χ3n) is 5.04. The second-order valence-electron chi connectivity index (χ2n) is 6.96. The number of nitrogens with zero attached hydrogens (tertiary/aromatic N) is 1. The summed E-state index contributed by atoms with van der Waals surface area (Å²) in [7, 11) is 1.32. The zero-order valence-electron chi connectivity index (χ0n) is 16.0. The first-order chi connectivity index (χ1) is 13.5. The minimum atomic E-state index is -0.562. The van der Waals surface area contributed by atoms with Crippen molar-refractivity contribution in [2.45, 2.75) is 25.9 Å². The lowest BCUT2D eigenvalue weighted by atomic mass is 9.93. The number of carbonyl (C=O) groups is 3. The Labute approximate surface area is 163 Å². The van der Waals surface area contributed by atoms with Gasteiger partial charge in [-0.25, -0.2) is 0 Å². The molecule has 0 unspecified atom stereocenters. The molecule has 0 spiro atoms. The number of amides is 2. The summed E-state index contributed by atoms with van der Waals surface area (Å²) in [6.45, 7) is 2.38. The van der Waals surface area contributed by atoms with Gasteiger partial charge in [-0.1, -0.05) is 30.3 Å². The van der Waals surface area contributed by atoms with E-state index in [1.807, 2.05) is 30.3 Å². The highest BCUT2D eigenvalue weighted by Gasteiger charge is 2.37. The van der Waals surface area contributed by atoms with Gasteiger partial charge in [0.2, 0.25) is 11.8 Å². The molecule has 1 aromatic heterocycles. The topological polar surface area (TPSA) is 88.8 Å². The molecule has 0 aliphatic carbocycles. The van der Waals surface area contributed by atoms with Crippen molar-refractivity contribution in [3.05, 3.63) is 60.1 Å². The first-order valence-corrected chi connectivity index (χ1v) is 9.23. The summed E-state index contributed by atoms with van der Waals surface area (Å²) in [4.78, 5) is 38.8. The molecule has 0 radical (unpaired) electrons. The van der Waals surface area contributed by atoms with Crippen molar-refractivity contribution >= 4 is 17.8 Å². The fourth-order valence-corrected chi connectivity index (χ4v) is 3.44. The third-order valence-corrected chi connectivity index (χ3v) is 5.04. The summed E-state index contributed by atoms with van der Waals surface area (Å²) in [5.74, 6) is -1.10. The quantitative estimate of drug-likeness (QED) is 0.740. The van der Waals surface area contributed by atoms with Crippen LogP contribution >= 0.6 is 0 Å². The Morgan fingerprint density at radius 3 is 2.64 bits per heavy atom. The maximum absolute atomic E-state index is 12.9. The molecule has 1 aliphatic rings. The van der Waals surface area contributed by atoms with Crippen LogP contribution < -0.4 is 5.32 Å². The largest absolute Gasteiger partial charge is 0.469 e. The van der Waals surface area contributed by atoms with Gasteiger partial charge in [0.25, 0.3) is 0 Å². The van der Waals surface area contributed by atoms with Crippen LogP contribution in [0.15, 0.2) is 53.1 Å². The highest BCUT2D eigenvalue weighted by atomic mass is 16.5. The van der Waals surface area contributed by atoms with Gasteiger partial charge in [0.15, 0.2) is 0 Å². The summed E-state index contributed by atoms with van der Waals surface area (Å²) >= 11 is 0. The Morgan fingerprint density at radius 2 is 2.00 bits per heavy atom. The number of benzene rings is 1. The second kappa shape index (κ2) is 8.73. The van der Waals surface area contributed by atoms with Gasteiger partial charge >= 0.3 is 5.97 Å². The molecule has 2 heterocycles. The molecule has 2 amide bonds. The van der Waals surface area contributed by atoms with E-state index in [4.69, 9.17) is 9.15 Å². The number of hydrogen-bond acceptors (Lipinski definition) is 5. The minimum absolute atomic E-state index is 0.0890. The zero-order chi connectivity index (χ0) is 20.1. The SMILES string of the molecule is COC(=O)[C@H](C)[C@H](NC(=O)[C@H]1CC(=O)N(Cc2ccco2)C1)c1ccccc1. The number of furan rings is 1. The number of hydrogen-bond donors (Lipinski definition) is 1. The Kier molecular flexibility index (Phi) is 6.13. The van der Waals surface area contributed by atoms with Gasteiger partial charge < -0.3 is 19.4 Å². The Morgan fingerprint density at radius 1 is 1.25 bits per heavy atom. The molecule has 28 heavy (non-hydrogen) atoms. The molecule has 3 atom stereocenters. The monoisotopic (exact) mass is 384 g/mol. The number of nitrogens with one attached hydrogen (secondary N) is 1. The standard InChI is InChI=1S/C21H24N2O5/c1-14(21(26)27-2)19(15-7-4-3-5-8-15)22-20(25)16-11-18(24)23(12-16)13-17-9-6-10-28-17/h3-10,14,16,19H,11-13H2,1-2H3,(H,22,25)/t14-,16+,19+/m1/s1. The molecule has 1 N–H and O–H groups in total. The molecule has 2 aromatic rings. The summed E-state index contributed by atoms with van der Waals surface area (Å²) in [6.07, 6.45) is 1.69. The maximum atomic E-state index is 12.9. The van der Waals surface area contributed by atoms with Gasteiger partial charge in [-0.3, -0.25) is 14.4 Å². The highest BCUT2D eigenvalue weighted by molar-refractivity contribution is 5.89. The van der Waals surface area contributed by atoms with Crippen molar-refractivity contribution in [2.75, 3.05) is 13.7 Å². The van der Waals surface area contributed by atoms with Crippen molar-refractivity contribution in [3.63, 3.8) is 0 Å². The van der Waals surface area contributed by atoms with E-state index in [0.29, 0.717) is 18.8 Å². The van der Waals surface area contributed by atoms with Crippen molar-refractivity contribution < 1.29 is 23.5 Å². The van der Waals surface area contributed by atoms with Gasteiger partial charge in [0, 0.05) is 13.0 Å². The second-order valence-corrected chi connectivity index (χ2v) is 6.96.